The number of ether oxygens (including phenoxy) is 2. The summed E-state index contributed by atoms with van der Waals surface area (Å²) in [5.41, 5.74) is 2.73. The minimum Gasteiger partial charge on any atom is -0.493 e. The summed E-state index contributed by atoms with van der Waals surface area (Å²) in [7, 11) is 1.37. The zero-order valence-corrected chi connectivity index (χ0v) is 19.7. The van der Waals surface area contributed by atoms with Crippen LogP contribution < -0.4 is 14.8 Å². The molecule has 10 heteroatoms. The largest absolute Gasteiger partial charge is 0.493 e. The number of furan rings is 1. The summed E-state index contributed by atoms with van der Waals surface area (Å²) in [4.78, 5) is 25.0. The highest BCUT2D eigenvalue weighted by Crippen LogP contribution is 2.33. The molecule has 2 amide bonds. The molecule has 1 aliphatic heterocycles. The number of alkyl halides is 2. The van der Waals surface area contributed by atoms with Crippen LogP contribution in [0.3, 0.4) is 0 Å². The van der Waals surface area contributed by atoms with Crippen molar-refractivity contribution in [2.75, 3.05) is 12.4 Å². The van der Waals surface area contributed by atoms with E-state index in [4.69, 9.17) is 9.15 Å². The molecule has 1 atom stereocenters. The first kappa shape index (κ1) is 24.9. The molecule has 1 aromatic heterocycles. The third-order valence-electron chi connectivity index (χ3n) is 5.78. The molecule has 0 fully saturated rings. The lowest BCUT2D eigenvalue weighted by Gasteiger charge is -2.29. The maximum Gasteiger partial charge on any atom is 0.387 e. The average Bonchev–Trinajstić information content (AvgIpc) is 3.41. The second-order valence-corrected chi connectivity index (χ2v) is 8.12. The molecule has 2 heterocycles. The minimum absolute atomic E-state index is 0.0760. The molecule has 1 aliphatic rings. The van der Waals surface area contributed by atoms with Gasteiger partial charge in [0.1, 0.15) is 0 Å². The van der Waals surface area contributed by atoms with E-state index in [2.05, 4.69) is 15.2 Å². The smallest absolute Gasteiger partial charge is 0.387 e. The maximum absolute atomic E-state index is 12.8. The Hall–Kier alpha value is -4.21. The van der Waals surface area contributed by atoms with Crippen LogP contribution in [0.25, 0.3) is 0 Å². The predicted octanol–water partition coefficient (Wildman–Crippen LogP) is 5.30. The minimum atomic E-state index is -2.97. The van der Waals surface area contributed by atoms with Crippen molar-refractivity contribution in [1.29, 1.82) is 0 Å². The summed E-state index contributed by atoms with van der Waals surface area (Å²) < 4.78 is 40.2. The van der Waals surface area contributed by atoms with Crippen molar-refractivity contribution in [3.63, 3.8) is 0 Å². The Morgan fingerprint density at radius 3 is 2.61 bits per heavy atom. The molecule has 0 saturated carbocycles. The van der Waals surface area contributed by atoms with Gasteiger partial charge in [0.15, 0.2) is 17.3 Å². The SMILES string of the molecule is CCC1CC(=O)N(Cc2ccc(NC(=O)c3ccco3)cc2)N=C1c1ccc(OC(F)F)c(OC)c1. The van der Waals surface area contributed by atoms with Crippen LogP contribution in [0.5, 0.6) is 11.5 Å². The first-order valence-electron chi connectivity index (χ1n) is 11.3. The molecule has 0 bridgehead atoms. The first-order chi connectivity index (χ1) is 17.4. The number of carbonyl (C=O) groups is 2. The van der Waals surface area contributed by atoms with E-state index in [0.29, 0.717) is 23.4 Å². The molecule has 0 spiro atoms. The summed E-state index contributed by atoms with van der Waals surface area (Å²) in [5, 5.41) is 8.76. The fourth-order valence-electron chi connectivity index (χ4n) is 3.92. The normalized spacial score (nSPS) is 15.6. The van der Waals surface area contributed by atoms with Crippen LogP contribution in [0, 0.1) is 5.92 Å². The lowest BCUT2D eigenvalue weighted by atomic mass is 9.89. The second-order valence-electron chi connectivity index (χ2n) is 8.12. The van der Waals surface area contributed by atoms with Gasteiger partial charge in [0.25, 0.3) is 5.91 Å². The zero-order valence-electron chi connectivity index (χ0n) is 19.7. The van der Waals surface area contributed by atoms with Crippen molar-refractivity contribution in [3.8, 4) is 11.5 Å². The third-order valence-corrected chi connectivity index (χ3v) is 5.78. The molecular formula is C26H25F2N3O5. The monoisotopic (exact) mass is 497 g/mol. The Bertz CT molecular complexity index is 1240. The quantitative estimate of drug-likeness (QED) is 0.433. The lowest BCUT2D eigenvalue weighted by molar-refractivity contribution is -0.133. The molecule has 36 heavy (non-hydrogen) atoms. The fourth-order valence-corrected chi connectivity index (χ4v) is 3.92. The zero-order chi connectivity index (χ0) is 25.7. The molecule has 8 nitrogen and oxygen atoms in total. The van der Waals surface area contributed by atoms with Crippen molar-refractivity contribution in [3.05, 3.63) is 77.7 Å². The standard InChI is InChI=1S/C26H25F2N3O5/c1-3-17-14-23(32)31(30-24(17)18-8-11-20(36-26(27)28)22(13-18)34-2)15-16-6-9-19(10-7-16)29-25(33)21-5-4-12-35-21/h4-13,17,26H,3,14-15H2,1-2H3,(H,29,33). The molecule has 0 aliphatic carbocycles. The van der Waals surface area contributed by atoms with Gasteiger partial charge in [0.05, 0.1) is 25.6 Å². The van der Waals surface area contributed by atoms with Crippen LogP contribution in [0.4, 0.5) is 14.5 Å². The van der Waals surface area contributed by atoms with Gasteiger partial charge in [0, 0.05) is 23.6 Å². The topological polar surface area (TPSA) is 93.4 Å². The van der Waals surface area contributed by atoms with Crippen LogP contribution in [0.15, 0.2) is 70.4 Å². The van der Waals surface area contributed by atoms with Crippen molar-refractivity contribution in [1.82, 2.24) is 5.01 Å². The third kappa shape index (κ3) is 5.70. The number of hydrazone groups is 1. The van der Waals surface area contributed by atoms with Crippen LogP contribution in [0.1, 0.15) is 41.4 Å². The highest BCUT2D eigenvalue weighted by atomic mass is 19.3. The Kier molecular flexibility index (Phi) is 7.62. The number of benzene rings is 2. The highest BCUT2D eigenvalue weighted by molar-refractivity contribution is 6.06. The van der Waals surface area contributed by atoms with E-state index >= 15 is 0 Å². The first-order valence-corrected chi connectivity index (χ1v) is 11.3. The average molecular weight is 497 g/mol. The van der Waals surface area contributed by atoms with Gasteiger partial charge in [0.2, 0.25) is 5.91 Å². The Balaban J connectivity index is 1.53. The van der Waals surface area contributed by atoms with Gasteiger partial charge in [-0.1, -0.05) is 19.1 Å². The van der Waals surface area contributed by atoms with E-state index in [-0.39, 0.29) is 48.0 Å². The highest BCUT2D eigenvalue weighted by Gasteiger charge is 2.30. The molecular weight excluding hydrogens is 472 g/mol. The predicted molar refractivity (Wildman–Crippen MR) is 128 cm³/mol. The molecule has 1 N–H and O–H groups in total. The molecule has 0 radical (unpaired) electrons. The maximum atomic E-state index is 12.8. The van der Waals surface area contributed by atoms with Crippen LogP contribution in [0.2, 0.25) is 0 Å². The van der Waals surface area contributed by atoms with Crippen molar-refractivity contribution in [2.45, 2.75) is 32.9 Å². The van der Waals surface area contributed by atoms with Gasteiger partial charge in [-0.2, -0.15) is 13.9 Å². The van der Waals surface area contributed by atoms with E-state index in [1.54, 1.807) is 48.5 Å². The number of halogens is 2. The summed E-state index contributed by atoms with van der Waals surface area (Å²) >= 11 is 0. The number of anilines is 1. The van der Waals surface area contributed by atoms with E-state index in [1.165, 1.54) is 24.4 Å². The van der Waals surface area contributed by atoms with E-state index in [9.17, 15) is 18.4 Å². The molecule has 2 aromatic carbocycles. The van der Waals surface area contributed by atoms with Crippen molar-refractivity contribution in [2.24, 2.45) is 11.0 Å². The number of rotatable bonds is 9. The van der Waals surface area contributed by atoms with Gasteiger partial charge in [-0.05, 0) is 54.4 Å². The van der Waals surface area contributed by atoms with Crippen LogP contribution in [-0.2, 0) is 11.3 Å². The number of carbonyl (C=O) groups excluding carboxylic acids is 2. The molecule has 188 valence electrons. The molecule has 3 aromatic rings. The van der Waals surface area contributed by atoms with Crippen molar-refractivity contribution < 1.29 is 32.3 Å². The number of nitrogens with one attached hydrogen (secondary N) is 1. The van der Waals surface area contributed by atoms with Crippen molar-refractivity contribution >= 4 is 23.2 Å². The van der Waals surface area contributed by atoms with E-state index in [1.807, 2.05) is 6.92 Å². The molecule has 1 unspecified atom stereocenters. The summed E-state index contributed by atoms with van der Waals surface area (Å²) in [6.45, 7) is -0.780. The van der Waals surface area contributed by atoms with Crippen LogP contribution >= 0.6 is 0 Å². The van der Waals surface area contributed by atoms with Gasteiger partial charge < -0.3 is 19.2 Å². The van der Waals surface area contributed by atoms with E-state index in [0.717, 1.165) is 5.56 Å². The van der Waals surface area contributed by atoms with E-state index < -0.39 is 6.61 Å². The Morgan fingerprint density at radius 2 is 1.97 bits per heavy atom. The lowest BCUT2D eigenvalue weighted by Crippen LogP contribution is -2.36. The number of hydrogen-bond acceptors (Lipinski definition) is 6. The Morgan fingerprint density at radius 1 is 1.19 bits per heavy atom. The number of methoxy groups -OCH3 is 1. The number of amides is 2. The van der Waals surface area contributed by atoms with Gasteiger partial charge in [-0.25, -0.2) is 5.01 Å². The summed E-state index contributed by atoms with van der Waals surface area (Å²) in [6.07, 6.45) is 2.37. The number of nitrogens with zero attached hydrogens (tertiary/aromatic N) is 2. The van der Waals surface area contributed by atoms with Gasteiger partial charge >= 0.3 is 6.61 Å². The number of hydrogen-bond donors (Lipinski definition) is 1. The fraction of sp³-hybridized carbons (Fsp3) is 0.269. The van der Waals surface area contributed by atoms with Crippen LogP contribution in [-0.4, -0.2) is 36.3 Å². The van der Waals surface area contributed by atoms with Gasteiger partial charge in [-0.3, -0.25) is 9.59 Å². The molecule has 0 saturated heterocycles. The summed E-state index contributed by atoms with van der Waals surface area (Å²) in [5.74, 6) is -0.325. The Labute approximate surface area is 206 Å². The second kappa shape index (κ2) is 11.0. The molecule has 4 rings (SSSR count). The summed E-state index contributed by atoms with van der Waals surface area (Å²) in [6, 6.07) is 14.9. The van der Waals surface area contributed by atoms with Gasteiger partial charge in [-0.15, -0.1) is 0 Å².